The first-order valence-corrected chi connectivity index (χ1v) is 8.16. The Labute approximate surface area is 126 Å². The van der Waals surface area contributed by atoms with Crippen LogP contribution in [-0.2, 0) is 4.79 Å². The molecule has 0 spiro atoms. The average Bonchev–Trinajstić information content (AvgIpc) is 2.51. The molecule has 114 valence electrons. The van der Waals surface area contributed by atoms with Crippen LogP contribution in [0.3, 0.4) is 0 Å². The van der Waals surface area contributed by atoms with Crippen LogP contribution in [0, 0.1) is 5.92 Å². The zero-order chi connectivity index (χ0) is 14.7. The Kier molecular flexibility index (Phi) is 4.54. The lowest BCUT2D eigenvalue weighted by Gasteiger charge is -2.35. The standard InChI is InChI=1S/C17H25N3O/c18-17-6-3-15(11-19-17)14-7-9-20(10-8-14)12-13-1-4-16(21)5-2-13/h3,6,11,13-14H,1-2,4-5,7-10,12H2,(H2,18,19). The van der Waals surface area contributed by atoms with Crippen molar-refractivity contribution in [1.82, 2.24) is 9.88 Å². The van der Waals surface area contributed by atoms with E-state index in [1.807, 2.05) is 12.3 Å². The highest BCUT2D eigenvalue weighted by atomic mass is 16.1. The van der Waals surface area contributed by atoms with Crippen molar-refractivity contribution in [1.29, 1.82) is 0 Å². The van der Waals surface area contributed by atoms with Gasteiger partial charge in [0.2, 0.25) is 0 Å². The smallest absolute Gasteiger partial charge is 0.132 e. The van der Waals surface area contributed by atoms with Crippen molar-refractivity contribution >= 4 is 11.6 Å². The molecule has 0 atom stereocenters. The van der Waals surface area contributed by atoms with Crippen LogP contribution in [-0.4, -0.2) is 35.3 Å². The molecule has 1 aromatic heterocycles. The first-order valence-electron chi connectivity index (χ1n) is 8.16. The van der Waals surface area contributed by atoms with Crippen LogP contribution in [0.4, 0.5) is 5.82 Å². The minimum Gasteiger partial charge on any atom is -0.384 e. The number of rotatable bonds is 3. The SMILES string of the molecule is Nc1ccc(C2CCN(CC3CCC(=O)CC3)CC2)cn1. The fourth-order valence-electron chi connectivity index (χ4n) is 3.65. The summed E-state index contributed by atoms with van der Waals surface area (Å²) in [6.45, 7) is 3.51. The van der Waals surface area contributed by atoms with Crippen molar-refractivity contribution in [3.8, 4) is 0 Å². The molecule has 0 radical (unpaired) electrons. The van der Waals surface area contributed by atoms with Gasteiger partial charge in [-0.05, 0) is 62.2 Å². The Morgan fingerprint density at radius 2 is 1.86 bits per heavy atom. The fraction of sp³-hybridized carbons (Fsp3) is 0.647. The Balaban J connectivity index is 1.46. The quantitative estimate of drug-likeness (QED) is 0.928. The van der Waals surface area contributed by atoms with Crippen LogP contribution in [0.1, 0.15) is 50.0 Å². The Bertz CT molecular complexity index is 467. The van der Waals surface area contributed by atoms with E-state index in [1.165, 1.54) is 38.0 Å². The van der Waals surface area contributed by atoms with Crippen LogP contribution in [0.5, 0.6) is 0 Å². The number of carbonyl (C=O) groups excluding carboxylic acids is 1. The van der Waals surface area contributed by atoms with Gasteiger partial charge in [0, 0.05) is 25.6 Å². The summed E-state index contributed by atoms with van der Waals surface area (Å²) in [5.74, 6) is 2.42. The molecule has 1 aliphatic carbocycles. The van der Waals surface area contributed by atoms with E-state index in [0.717, 1.165) is 31.6 Å². The van der Waals surface area contributed by atoms with Crippen molar-refractivity contribution in [2.45, 2.75) is 44.4 Å². The zero-order valence-corrected chi connectivity index (χ0v) is 12.6. The number of hydrogen-bond acceptors (Lipinski definition) is 4. The van der Waals surface area contributed by atoms with E-state index >= 15 is 0 Å². The van der Waals surface area contributed by atoms with Gasteiger partial charge in [-0.2, -0.15) is 0 Å². The van der Waals surface area contributed by atoms with Gasteiger partial charge in [-0.25, -0.2) is 4.98 Å². The largest absolute Gasteiger partial charge is 0.384 e. The molecule has 1 aliphatic heterocycles. The number of anilines is 1. The molecule has 0 aromatic carbocycles. The molecule has 4 heteroatoms. The number of hydrogen-bond donors (Lipinski definition) is 1. The van der Waals surface area contributed by atoms with E-state index in [2.05, 4.69) is 16.0 Å². The summed E-state index contributed by atoms with van der Waals surface area (Å²) < 4.78 is 0. The monoisotopic (exact) mass is 287 g/mol. The molecule has 2 fully saturated rings. The predicted octanol–water partition coefficient (Wildman–Crippen LogP) is 2.60. The van der Waals surface area contributed by atoms with E-state index in [0.29, 0.717) is 17.5 Å². The Morgan fingerprint density at radius 1 is 1.14 bits per heavy atom. The average molecular weight is 287 g/mol. The minimum absolute atomic E-state index is 0.459. The van der Waals surface area contributed by atoms with E-state index in [-0.39, 0.29) is 0 Å². The number of nitrogen functional groups attached to an aromatic ring is 1. The van der Waals surface area contributed by atoms with Crippen molar-refractivity contribution in [3.63, 3.8) is 0 Å². The summed E-state index contributed by atoms with van der Waals surface area (Å²) in [5.41, 5.74) is 6.97. The zero-order valence-electron chi connectivity index (χ0n) is 12.6. The predicted molar refractivity (Wildman–Crippen MR) is 84.0 cm³/mol. The number of carbonyl (C=O) groups is 1. The molecular formula is C17H25N3O. The molecule has 3 rings (SSSR count). The van der Waals surface area contributed by atoms with E-state index in [9.17, 15) is 4.79 Å². The first-order chi connectivity index (χ1) is 10.2. The number of likely N-dealkylation sites (tertiary alicyclic amines) is 1. The van der Waals surface area contributed by atoms with E-state index < -0.39 is 0 Å². The summed E-state index contributed by atoms with van der Waals surface area (Å²) >= 11 is 0. The van der Waals surface area contributed by atoms with Gasteiger partial charge in [0.15, 0.2) is 0 Å². The summed E-state index contributed by atoms with van der Waals surface area (Å²) in [6, 6.07) is 4.02. The molecule has 0 unspecified atom stereocenters. The molecule has 2 heterocycles. The summed E-state index contributed by atoms with van der Waals surface area (Å²) in [6.07, 6.45) is 8.15. The van der Waals surface area contributed by atoms with Crippen LogP contribution in [0.2, 0.25) is 0 Å². The number of nitrogens with two attached hydrogens (primary N) is 1. The van der Waals surface area contributed by atoms with Crippen LogP contribution < -0.4 is 5.73 Å². The molecule has 4 nitrogen and oxygen atoms in total. The molecule has 2 N–H and O–H groups in total. The summed E-state index contributed by atoms with van der Waals surface area (Å²) in [4.78, 5) is 18.1. The third kappa shape index (κ3) is 3.82. The lowest BCUT2D eigenvalue weighted by molar-refractivity contribution is -0.121. The maximum absolute atomic E-state index is 11.3. The third-order valence-electron chi connectivity index (χ3n) is 5.05. The minimum atomic E-state index is 0.459. The molecule has 2 aliphatic rings. The van der Waals surface area contributed by atoms with Crippen LogP contribution in [0.15, 0.2) is 18.3 Å². The van der Waals surface area contributed by atoms with E-state index in [1.54, 1.807) is 0 Å². The number of pyridine rings is 1. The lowest BCUT2D eigenvalue weighted by Crippen LogP contribution is -2.37. The van der Waals surface area contributed by atoms with Gasteiger partial charge >= 0.3 is 0 Å². The highest BCUT2D eigenvalue weighted by Gasteiger charge is 2.25. The number of nitrogens with zero attached hydrogens (tertiary/aromatic N) is 2. The normalized spacial score (nSPS) is 22.6. The van der Waals surface area contributed by atoms with Gasteiger partial charge in [0.1, 0.15) is 11.6 Å². The van der Waals surface area contributed by atoms with Crippen LogP contribution in [0.25, 0.3) is 0 Å². The maximum atomic E-state index is 11.3. The van der Waals surface area contributed by atoms with Crippen molar-refractivity contribution in [3.05, 3.63) is 23.9 Å². The number of piperidine rings is 1. The van der Waals surface area contributed by atoms with E-state index in [4.69, 9.17) is 5.73 Å². The van der Waals surface area contributed by atoms with Gasteiger partial charge in [0.25, 0.3) is 0 Å². The molecule has 1 saturated carbocycles. The van der Waals surface area contributed by atoms with Gasteiger partial charge < -0.3 is 10.6 Å². The number of aromatic nitrogens is 1. The molecule has 0 bridgehead atoms. The van der Waals surface area contributed by atoms with Gasteiger partial charge in [-0.15, -0.1) is 0 Å². The van der Waals surface area contributed by atoms with Crippen molar-refractivity contribution < 1.29 is 4.79 Å². The van der Waals surface area contributed by atoms with Crippen molar-refractivity contribution in [2.24, 2.45) is 5.92 Å². The maximum Gasteiger partial charge on any atom is 0.132 e. The summed E-state index contributed by atoms with van der Waals surface area (Å²) in [7, 11) is 0. The van der Waals surface area contributed by atoms with Crippen molar-refractivity contribution in [2.75, 3.05) is 25.4 Å². The second kappa shape index (κ2) is 6.56. The van der Waals surface area contributed by atoms with Gasteiger partial charge in [-0.3, -0.25) is 4.79 Å². The molecule has 21 heavy (non-hydrogen) atoms. The Morgan fingerprint density at radius 3 is 2.48 bits per heavy atom. The molecule has 0 amide bonds. The lowest BCUT2D eigenvalue weighted by atomic mass is 9.86. The van der Waals surface area contributed by atoms with Gasteiger partial charge in [-0.1, -0.05) is 6.07 Å². The summed E-state index contributed by atoms with van der Waals surface area (Å²) in [5, 5.41) is 0. The second-order valence-electron chi connectivity index (χ2n) is 6.57. The topological polar surface area (TPSA) is 59.2 Å². The van der Waals surface area contributed by atoms with Gasteiger partial charge in [0.05, 0.1) is 0 Å². The number of ketones is 1. The number of Topliss-reactive ketones (excluding diaryl/α,β-unsaturated/α-hetero) is 1. The van der Waals surface area contributed by atoms with Crippen LogP contribution >= 0.6 is 0 Å². The molecule has 1 aromatic rings. The second-order valence-corrected chi connectivity index (χ2v) is 6.57. The highest BCUT2D eigenvalue weighted by molar-refractivity contribution is 5.79. The fourth-order valence-corrected chi connectivity index (χ4v) is 3.65. The Hall–Kier alpha value is -1.42. The third-order valence-corrected chi connectivity index (χ3v) is 5.05. The first kappa shape index (κ1) is 14.5. The molecular weight excluding hydrogens is 262 g/mol. The highest BCUT2D eigenvalue weighted by Crippen LogP contribution is 2.29. The molecule has 1 saturated heterocycles.